The van der Waals surface area contributed by atoms with Gasteiger partial charge in [0.2, 0.25) is 0 Å². The zero-order valence-corrected chi connectivity index (χ0v) is 16.4. The van der Waals surface area contributed by atoms with Crippen LogP contribution < -0.4 is 19.5 Å². The molecule has 0 fully saturated rings. The number of hydrogen-bond donors (Lipinski definition) is 1. The van der Waals surface area contributed by atoms with Crippen LogP contribution in [-0.4, -0.2) is 25.2 Å². The quantitative estimate of drug-likeness (QED) is 0.664. The highest BCUT2D eigenvalue weighted by Gasteiger charge is 2.17. The SMILES string of the molecule is CCOc1ccc(NC(=O)C(C)Oc2ccc(Cl)cc2Cl)cc1OCC. The summed E-state index contributed by atoms with van der Waals surface area (Å²) in [6, 6.07) is 10.0. The van der Waals surface area contributed by atoms with E-state index in [4.69, 9.17) is 37.4 Å². The van der Waals surface area contributed by atoms with Crippen molar-refractivity contribution in [1.82, 2.24) is 0 Å². The number of anilines is 1. The summed E-state index contributed by atoms with van der Waals surface area (Å²) in [6.45, 7) is 6.43. The van der Waals surface area contributed by atoms with Gasteiger partial charge < -0.3 is 19.5 Å². The number of rotatable bonds is 8. The molecular weight excluding hydrogens is 377 g/mol. The van der Waals surface area contributed by atoms with E-state index in [9.17, 15) is 4.79 Å². The van der Waals surface area contributed by atoms with E-state index in [0.717, 1.165) is 0 Å². The highest BCUT2D eigenvalue weighted by atomic mass is 35.5. The van der Waals surface area contributed by atoms with Gasteiger partial charge in [-0.3, -0.25) is 4.79 Å². The number of benzene rings is 2. The Morgan fingerprint density at radius 2 is 1.65 bits per heavy atom. The van der Waals surface area contributed by atoms with Crippen molar-refractivity contribution in [2.75, 3.05) is 18.5 Å². The lowest BCUT2D eigenvalue weighted by Crippen LogP contribution is -2.30. The van der Waals surface area contributed by atoms with E-state index >= 15 is 0 Å². The van der Waals surface area contributed by atoms with Crippen molar-refractivity contribution >= 4 is 34.8 Å². The van der Waals surface area contributed by atoms with Crippen LogP contribution in [0.2, 0.25) is 10.0 Å². The van der Waals surface area contributed by atoms with Gasteiger partial charge in [0.25, 0.3) is 5.91 Å². The lowest BCUT2D eigenvalue weighted by atomic mass is 10.2. The first-order chi connectivity index (χ1) is 12.4. The minimum Gasteiger partial charge on any atom is -0.490 e. The molecule has 7 heteroatoms. The van der Waals surface area contributed by atoms with Crippen molar-refractivity contribution in [1.29, 1.82) is 0 Å². The molecule has 0 aliphatic heterocycles. The summed E-state index contributed by atoms with van der Waals surface area (Å²) in [4.78, 5) is 12.4. The molecule has 0 bridgehead atoms. The van der Waals surface area contributed by atoms with E-state index in [1.54, 1.807) is 43.3 Å². The predicted octanol–water partition coefficient (Wildman–Crippen LogP) is 5.20. The van der Waals surface area contributed by atoms with E-state index in [0.29, 0.717) is 46.2 Å². The van der Waals surface area contributed by atoms with Crippen LogP contribution in [0.25, 0.3) is 0 Å². The van der Waals surface area contributed by atoms with Gasteiger partial charge in [-0.1, -0.05) is 23.2 Å². The van der Waals surface area contributed by atoms with Gasteiger partial charge in [-0.2, -0.15) is 0 Å². The molecule has 0 radical (unpaired) electrons. The Balaban J connectivity index is 2.07. The molecule has 5 nitrogen and oxygen atoms in total. The number of amides is 1. The van der Waals surface area contributed by atoms with Crippen LogP contribution in [0.5, 0.6) is 17.2 Å². The normalized spacial score (nSPS) is 11.6. The molecule has 2 aromatic carbocycles. The van der Waals surface area contributed by atoms with Gasteiger partial charge in [0.05, 0.1) is 18.2 Å². The van der Waals surface area contributed by atoms with Crippen LogP contribution in [-0.2, 0) is 4.79 Å². The van der Waals surface area contributed by atoms with Crippen LogP contribution >= 0.6 is 23.2 Å². The largest absolute Gasteiger partial charge is 0.490 e. The summed E-state index contributed by atoms with van der Waals surface area (Å²) in [5.41, 5.74) is 0.583. The Hall–Kier alpha value is -2.11. The Morgan fingerprint density at radius 1 is 1.00 bits per heavy atom. The van der Waals surface area contributed by atoms with Gasteiger partial charge in [-0.25, -0.2) is 0 Å². The standard InChI is InChI=1S/C19H21Cl2NO4/c1-4-24-17-9-7-14(11-18(17)25-5-2)22-19(23)12(3)26-16-8-6-13(20)10-15(16)21/h6-12H,4-5H2,1-3H3,(H,22,23). The van der Waals surface area contributed by atoms with Crippen molar-refractivity contribution in [3.8, 4) is 17.2 Å². The molecule has 0 heterocycles. The summed E-state index contributed by atoms with van der Waals surface area (Å²) >= 11 is 11.9. The van der Waals surface area contributed by atoms with Crippen LogP contribution in [0, 0.1) is 0 Å². The maximum absolute atomic E-state index is 12.4. The topological polar surface area (TPSA) is 56.8 Å². The molecular formula is C19H21Cl2NO4. The molecule has 2 aromatic rings. The summed E-state index contributed by atoms with van der Waals surface area (Å²) in [5.74, 6) is 1.27. The first kappa shape index (κ1) is 20.2. The van der Waals surface area contributed by atoms with Crippen LogP contribution in [0.4, 0.5) is 5.69 Å². The zero-order chi connectivity index (χ0) is 19.1. The van der Waals surface area contributed by atoms with Gasteiger partial charge in [0.15, 0.2) is 17.6 Å². The summed E-state index contributed by atoms with van der Waals surface area (Å²) in [7, 11) is 0. The highest BCUT2D eigenvalue weighted by Crippen LogP contribution is 2.31. The van der Waals surface area contributed by atoms with Gasteiger partial charge in [-0.05, 0) is 51.1 Å². The second-order valence-corrected chi connectivity index (χ2v) is 6.20. The molecule has 0 saturated heterocycles. The third-order valence-electron chi connectivity index (χ3n) is 3.38. The van der Waals surface area contributed by atoms with Gasteiger partial charge in [-0.15, -0.1) is 0 Å². The number of carbonyl (C=O) groups is 1. The second kappa shape index (κ2) is 9.55. The molecule has 140 valence electrons. The number of carbonyl (C=O) groups excluding carboxylic acids is 1. The van der Waals surface area contributed by atoms with Crippen molar-refractivity contribution < 1.29 is 19.0 Å². The van der Waals surface area contributed by atoms with Gasteiger partial charge in [0.1, 0.15) is 5.75 Å². The lowest BCUT2D eigenvalue weighted by Gasteiger charge is -2.17. The van der Waals surface area contributed by atoms with E-state index in [-0.39, 0.29) is 5.91 Å². The average Bonchev–Trinajstić information content (AvgIpc) is 2.60. The predicted molar refractivity (Wildman–Crippen MR) is 104 cm³/mol. The average molecular weight is 398 g/mol. The van der Waals surface area contributed by atoms with Crippen LogP contribution in [0.3, 0.4) is 0 Å². The zero-order valence-electron chi connectivity index (χ0n) is 14.8. The van der Waals surface area contributed by atoms with E-state index in [2.05, 4.69) is 5.32 Å². The molecule has 0 aliphatic rings. The van der Waals surface area contributed by atoms with Crippen molar-refractivity contribution in [3.63, 3.8) is 0 Å². The monoisotopic (exact) mass is 397 g/mol. The maximum atomic E-state index is 12.4. The number of ether oxygens (including phenoxy) is 3. The molecule has 0 aromatic heterocycles. The van der Waals surface area contributed by atoms with Gasteiger partial charge >= 0.3 is 0 Å². The van der Waals surface area contributed by atoms with Crippen LogP contribution in [0.1, 0.15) is 20.8 Å². The fourth-order valence-corrected chi connectivity index (χ4v) is 2.64. The Bertz CT molecular complexity index is 767. The third-order valence-corrected chi connectivity index (χ3v) is 3.91. The Labute approximate surface area is 163 Å². The molecule has 1 unspecified atom stereocenters. The minimum absolute atomic E-state index is 0.317. The van der Waals surface area contributed by atoms with Crippen LogP contribution in [0.15, 0.2) is 36.4 Å². The fourth-order valence-electron chi connectivity index (χ4n) is 2.19. The van der Waals surface area contributed by atoms with E-state index in [1.165, 1.54) is 0 Å². The minimum atomic E-state index is -0.754. The number of halogens is 2. The number of hydrogen-bond acceptors (Lipinski definition) is 4. The van der Waals surface area contributed by atoms with Crippen molar-refractivity contribution in [3.05, 3.63) is 46.4 Å². The molecule has 0 saturated carbocycles. The smallest absolute Gasteiger partial charge is 0.265 e. The molecule has 26 heavy (non-hydrogen) atoms. The molecule has 0 spiro atoms. The fraction of sp³-hybridized carbons (Fsp3) is 0.316. The molecule has 2 rings (SSSR count). The summed E-state index contributed by atoms with van der Waals surface area (Å²) in [5, 5.41) is 3.63. The van der Waals surface area contributed by atoms with Gasteiger partial charge in [0, 0.05) is 16.8 Å². The van der Waals surface area contributed by atoms with E-state index < -0.39 is 6.10 Å². The first-order valence-electron chi connectivity index (χ1n) is 8.26. The summed E-state index contributed by atoms with van der Waals surface area (Å²) in [6.07, 6.45) is -0.754. The molecule has 0 aliphatic carbocycles. The van der Waals surface area contributed by atoms with Crippen molar-refractivity contribution in [2.45, 2.75) is 26.9 Å². The molecule has 1 amide bonds. The Morgan fingerprint density at radius 3 is 2.31 bits per heavy atom. The molecule has 1 N–H and O–H groups in total. The highest BCUT2D eigenvalue weighted by molar-refractivity contribution is 6.35. The third kappa shape index (κ3) is 5.44. The maximum Gasteiger partial charge on any atom is 0.265 e. The molecule has 1 atom stereocenters. The number of nitrogens with one attached hydrogen (secondary N) is 1. The lowest BCUT2D eigenvalue weighted by molar-refractivity contribution is -0.122. The Kier molecular flexibility index (Phi) is 7.42. The first-order valence-corrected chi connectivity index (χ1v) is 9.02. The van der Waals surface area contributed by atoms with Crippen molar-refractivity contribution in [2.24, 2.45) is 0 Å². The second-order valence-electron chi connectivity index (χ2n) is 5.35. The van der Waals surface area contributed by atoms with E-state index in [1.807, 2.05) is 13.8 Å². The summed E-state index contributed by atoms with van der Waals surface area (Å²) < 4.78 is 16.7.